The molecule has 0 aliphatic carbocycles. The molecule has 0 aliphatic heterocycles. The normalized spacial score (nSPS) is 15.8. The van der Waals surface area contributed by atoms with Gasteiger partial charge in [0.25, 0.3) is 5.67 Å². The van der Waals surface area contributed by atoms with Crippen LogP contribution in [-0.2, 0) is 9.47 Å². The molecule has 0 rings (SSSR count). The third-order valence-electron chi connectivity index (χ3n) is 4.20. The molecule has 3 N–H and O–H groups in total. The van der Waals surface area contributed by atoms with Gasteiger partial charge in [0.1, 0.15) is 6.10 Å². The van der Waals surface area contributed by atoms with E-state index in [1.807, 2.05) is 0 Å². The van der Waals surface area contributed by atoms with Crippen molar-refractivity contribution in [1.29, 1.82) is 0 Å². The van der Waals surface area contributed by atoms with Crippen LogP contribution < -0.4 is 5.73 Å². The number of aliphatic hydroxyl groups excluding tert-OH is 1. The van der Waals surface area contributed by atoms with Gasteiger partial charge in [-0.05, 0) is 19.3 Å². The van der Waals surface area contributed by atoms with Gasteiger partial charge in [-0.1, -0.05) is 0 Å². The minimum absolute atomic E-state index is 0.687. The second-order valence-corrected chi connectivity index (χ2v) is 6.77. The van der Waals surface area contributed by atoms with E-state index in [-0.39, 0.29) is 0 Å². The Labute approximate surface area is 172 Å². The van der Waals surface area contributed by atoms with Crippen LogP contribution in [0, 0.1) is 0 Å². The van der Waals surface area contributed by atoms with Crippen LogP contribution in [0.25, 0.3) is 0 Å². The van der Waals surface area contributed by atoms with E-state index in [4.69, 9.17) is 0 Å². The van der Waals surface area contributed by atoms with Gasteiger partial charge in [0.2, 0.25) is 5.54 Å². The number of hydrogen-bond donors (Lipinski definition) is 2. The van der Waals surface area contributed by atoms with Crippen LogP contribution >= 0.6 is 0 Å². The first-order valence-corrected chi connectivity index (χ1v) is 8.68. The maximum absolute atomic E-state index is 13.3. The lowest BCUT2D eigenvalue weighted by Gasteiger charge is -2.33. The molecule has 0 amide bonds. The molecule has 0 saturated carbocycles. The molecule has 0 aromatic rings. The summed E-state index contributed by atoms with van der Waals surface area (Å²) >= 11 is 0. The summed E-state index contributed by atoms with van der Waals surface area (Å²) in [5.74, 6) is 0. The first kappa shape index (κ1) is 30.9. The van der Waals surface area contributed by atoms with E-state index in [2.05, 4.69) is 15.2 Å². The van der Waals surface area contributed by atoms with E-state index in [0.717, 1.165) is 0 Å². The van der Waals surface area contributed by atoms with Gasteiger partial charge in [-0.25, -0.2) is 4.39 Å². The molecule has 4 nitrogen and oxygen atoms in total. The molecule has 0 saturated heterocycles. The summed E-state index contributed by atoms with van der Waals surface area (Å²) in [6.45, 7) is -2.91. The molecule has 0 heterocycles. The lowest BCUT2D eigenvalue weighted by Crippen LogP contribution is -2.63. The zero-order valence-corrected chi connectivity index (χ0v) is 16.0. The molecule has 0 aromatic carbocycles. The summed E-state index contributed by atoms with van der Waals surface area (Å²) in [6, 6.07) is 0. The van der Waals surface area contributed by atoms with E-state index in [1.165, 1.54) is 0 Å². The molecular formula is C15H20F13NO3. The van der Waals surface area contributed by atoms with Crippen LogP contribution in [0.1, 0.15) is 25.7 Å². The van der Waals surface area contributed by atoms with Crippen LogP contribution in [0.2, 0.25) is 0 Å². The number of rotatable bonds is 12. The molecule has 0 radical (unpaired) electrons. The zero-order valence-electron chi connectivity index (χ0n) is 16.0. The third kappa shape index (κ3) is 8.06. The second kappa shape index (κ2) is 10.9. The smallest absolute Gasteiger partial charge is 0.388 e. The highest BCUT2D eigenvalue weighted by Gasteiger charge is 2.71. The van der Waals surface area contributed by atoms with Crippen LogP contribution in [0.15, 0.2) is 0 Å². The fraction of sp³-hybridized carbons (Fsp3) is 1.00. The van der Waals surface area contributed by atoms with Gasteiger partial charge >= 0.3 is 24.7 Å². The number of aliphatic hydroxyl groups is 1. The molecule has 0 spiro atoms. The number of nitrogens with two attached hydrogens (primary N) is 1. The first-order chi connectivity index (χ1) is 14.1. The highest BCUT2D eigenvalue weighted by molar-refractivity contribution is 4.98. The number of alkyl halides is 13. The van der Waals surface area contributed by atoms with Crippen molar-refractivity contribution in [2.24, 2.45) is 5.73 Å². The molecule has 0 aliphatic rings. The molecule has 32 heavy (non-hydrogen) atoms. The molecule has 0 bridgehead atoms. The summed E-state index contributed by atoms with van der Waals surface area (Å²) in [6.07, 6.45) is -31.0. The fourth-order valence-electron chi connectivity index (χ4n) is 2.25. The predicted octanol–water partition coefficient (Wildman–Crippen LogP) is 4.60. The highest BCUT2D eigenvalue weighted by Crippen LogP contribution is 2.49. The maximum atomic E-state index is 13.3. The standard InChI is InChI=1S/C15H20F13NO3/c16-10(12(17,18)19,13(20,21)22)3-1-5-31-7-9(30)8-32-6-2-4-11(29,14(23,24)25)15(26,27)28/h9,30H,1-8,29H2. The molecule has 1 unspecified atom stereocenters. The Kier molecular flexibility index (Phi) is 10.5. The van der Waals surface area contributed by atoms with Crippen LogP contribution in [0.5, 0.6) is 0 Å². The minimum Gasteiger partial charge on any atom is -0.388 e. The zero-order chi connectivity index (χ0) is 25.6. The van der Waals surface area contributed by atoms with Crippen molar-refractivity contribution in [3.63, 3.8) is 0 Å². The molecule has 0 aromatic heterocycles. The van der Waals surface area contributed by atoms with E-state index in [0.29, 0.717) is 0 Å². The Morgan fingerprint density at radius 2 is 0.938 bits per heavy atom. The van der Waals surface area contributed by atoms with Gasteiger partial charge in [0.15, 0.2) is 0 Å². The van der Waals surface area contributed by atoms with E-state index < -0.39 is 94.1 Å². The van der Waals surface area contributed by atoms with Crippen molar-refractivity contribution >= 4 is 0 Å². The second-order valence-electron chi connectivity index (χ2n) is 6.77. The Hall–Kier alpha value is -1.07. The Bertz CT molecular complexity index is 481. The van der Waals surface area contributed by atoms with Crippen molar-refractivity contribution in [2.45, 2.75) is 67.7 Å². The topological polar surface area (TPSA) is 64.7 Å². The average Bonchev–Trinajstić information content (AvgIpc) is 2.56. The lowest BCUT2D eigenvalue weighted by atomic mass is 9.93. The lowest BCUT2D eigenvalue weighted by molar-refractivity contribution is -0.343. The summed E-state index contributed by atoms with van der Waals surface area (Å²) in [7, 11) is 0. The summed E-state index contributed by atoms with van der Waals surface area (Å²) in [5, 5.41) is 9.42. The summed E-state index contributed by atoms with van der Waals surface area (Å²) in [5.41, 5.74) is -5.49. The van der Waals surface area contributed by atoms with Crippen LogP contribution in [0.3, 0.4) is 0 Å². The van der Waals surface area contributed by atoms with Crippen molar-refractivity contribution in [3.8, 4) is 0 Å². The van der Waals surface area contributed by atoms with Crippen LogP contribution in [0.4, 0.5) is 57.1 Å². The quantitative estimate of drug-likeness (QED) is 0.299. The van der Waals surface area contributed by atoms with Crippen molar-refractivity contribution in [2.75, 3.05) is 26.4 Å². The van der Waals surface area contributed by atoms with Gasteiger partial charge < -0.3 is 20.3 Å². The molecule has 194 valence electrons. The molecular weight excluding hydrogens is 489 g/mol. The number of ether oxygens (including phenoxy) is 2. The Morgan fingerprint density at radius 1 is 0.594 bits per heavy atom. The maximum Gasteiger partial charge on any atom is 0.431 e. The van der Waals surface area contributed by atoms with Crippen molar-refractivity contribution in [3.05, 3.63) is 0 Å². The van der Waals surface area contributed by atoms with E-state index in [9.17, 15) is 62.2 Å². The first-order valence-electron chi connectivity index (χ1n) is 8.68. The third-order valence-corrected chi connectivity index (χ3v) is 4.20. The largest absolute Gasteiger partial charge is 0.431 e. The summed E-state index contributed by atoms with van der Waals surface area (Å²) in [4.78, 5) is 0. The van der Waals surface area contributed by atoms with Gasteiger partial charge in [0.05, 0.1) is 13.2 Å². The number of hydrogen-bond acceptors (Lipinski definition) is 4. The van der Waals surface area contributed by atoms with Gasteiger partial charge in [-0.3, -0.25) is 0 Å². The van der Waals surface area contributed by atoms with Gasteiger partial charge in [0, 0.05) is 19.6 Å². The summed E-state index contributed by atoms with van der Waals surface area (Å²) < 4.78 is 172. The van der Waals surface area contributed by atoms with Crippen molar-refractivity contribution < 1.29 is 71.7 Å². The van der Waals surface area contributed by atoms with E-state index >= 15 is 0 Å². The Morgan fingerprint density at radius 3 is 1.25 bits per heavy atom. The average molecular weight is 509 g/mol. The highest BCUT2D eigenvalue weighted by atomic mass is 19.4. The number of halogens is 13. The Balaban J connectivity index is 4.27. The molecule has 1 atom stereocenters. The molecule has 17 heteroatoms. The van der Waals surface area contributed by atoms with Crippen molar-refractivity contribution in [1.82, 2.24) is 0 Å². The van der Waals surface area contributed by atoms with Crippen LogP contribution in [-0.4, -0.2) is 73.6 Å². The SMILES string of the molecule is NC(CCCOCC(O)COCCCC(F)(C(F)(F)F)C(F)(F)F)(C(F)(F)F)C(F)(F)F. The molecule has 0 fully saturated rings. The van der Waals surface area contributed by atoms with Gasteiger partial charge in [-0.15, -0.1) is 0 Å². The predicted molar refractivity (Wildman–Crippen MR) is 81.1 cm³/mol. The van der Waals surface area contributed by atoms with E-state index in [1.54, 1.807) is 0 Å². The minimum atomic E-state index is -6.21. The monoisotopic (exact) mass is 509 g/mol. The van der Waals surface area contributed by atoms with Gasteiger partial charge in [-0.2, -0.15) is 52.7 Å². The fourth-order valence-corrected chi connectivity index (χ4v) is 2.25.